The van der Waals surface area contributed by atoms with Gasteiger partial charge >= 0.3 is 6.03 Å². The summed E-state index contributed by atoms with van der Waals surface area (Å²) in [6.45, 7) is 1.56. The monoisotopic (exact) mass is 361 g/mol. The number of urea groups is 1. The third-order valence-electron chi connectivity index (χ3n) is 3.84. The Hall–Kier alpha value is -2.61. The van der Waals surface area contributed by atoms with Gasteiger partial charge in [-0.05, 0) is 44.6 Å². The van der Waals surface area contributed by atoms with Crippen LogP contribution in [0.5, 0.6) is 0 Å². The Morgan fingerprint density at radius 3 is 2.58 bits per heavy atom. The van der Waals surface area contributed by atoms with Gasteiger partial charge in [0.25, 0.3) is 5.91 Å². The van der Waals surface area contributed by atoms with Crippen molar-refractivity contribution in [3.05, 3.63) is 35.4 Å². The van der Waals surface area contributed by atoms with Gasteiger partial charge in [-0.2, -0.15) is 0 Å². The fourth-order valence-electron chi connectivity index (χ4n) is 2.23. The Morgan fingerprint density at radius 2 is 1.88 bits per heavy atom. The van der Waals surface area contributed by atoms with E-state index in [0.717, 1.165) is 24.9 Å². The van der Waals surface area contributed by atoms with Crippen molar-refractivity contribution in [1.82, 2.24) is 26.2 Å². The van der Waals surface area contributed by atoms with Gasteiger partial charge < -0.3 is 26.2 Å². The molecule has 0 bridgehead atoms. The zero-order valence-corrected chi connectivity index (χ0v) is 15.3. The summed E-state index contributed by atoms with van der Waals surface area (Å²) in [6.07, 6.45) is 2.02. The first-order chi connectivity index (χ1) is 12.4. The van der Waals surface area contributed by atoms with Crippen molar-refractivity contribution in [2.45, 2.75) is 25.4 Å². The van der Waals surface area contributed by atoms with Crippen molar-refractivity contribution in [2.75, 3.05) is 33.7 Å². The van der Waals surface area contributed by atoms with E-state index in [-0.39, 0.29) is 30.9 Å². The quantitative estimate of drug-likeness (QED) is 0.499. The highest BCUT2D eigenvalue weighted by atomic mass is 16.2. The van der Waals surface area contributed by atoms with Crippen LogP contribution in [0.25, 0.3) is 0 Å². The summed E-state index contributed by atoms with van der Waals surface area (Å²) in [5.74, 6) is -0.325. The summed E-state index contributed by atoms with van der Waals surface area (Å²) in [7, 11) is 3.89. The zero-order valence-electron chi connectivity index (χ0n) is 15.3. The molecule has 4 amide bonds. The van der Waals surface area contributed by atoms with Gasteiger partial charge in [-0.1, -0.05) is 12.1 Å². The predicted molar refractivity (Wildman–Crippen MR) is 98.7 cm³/mol. The van der Waals surface area contributed by atoms with Gasteiger partial charge in [-0.15, -0.1) is 0 Å². The van der Waals surface area contributed by atoms with E-state index in [4.69, 9.17) is 0 Å². The predicted octanol–water partition coefficient (Wildman–Crippen LogP) is 0.0558. The fourth-order valence-corrected chi connectivity index (χ4v) is 2.23. The van der Waals surface area contributed by atoms with E-state index in [1.54, 1.807) is 18.2 Å². The Labute approximate surface area is 153 Å². The minimum Gasteiger partial charge on any atom is -0.352 e. The van der Waals surface area contributed by atoms with Crippen LogP contribution < -0.4 is 21.3 Å². The lowest BCUT2D eigenvalue weighted by atomic mass is 10.1. The topological polar surface area (TPSA) is 103 Å². The summed E-state index contributed by atoms with van der Waals surface area (Å²) in [4.78, 5) is 37.4. The summed E-state index contributed by atoms with van der Waals surface area (Å²) in [5.41, 5.74) is 1.36. The second-order valence-electron chi connectivity index (χ2n) is 6.64. The molecule has 0 spiro atoms. The van der Waals surface area contributed by atoms with Gasteiger partial charge in [-0.3, -0.25) is 9.59 Å². The summed E-state index contributed by atoms with van der Waals surface area (Å²) >= 11 is 0. The molecule has 142 valence electrons. The average molecular weight is 361 g/mol. The largest absolute Gasteiger partial charge is 0.352 e. The van der Waals surface area contributed by atoms with Crippen LogP contribution in [-0.2, 0) is 11.3 Å². The van der Waals surface area contributed by atoms with E-state index in [1.807, 2.05) is 25.1 Å². The highest BCUT2D eigenvalue weighted by Crippen LogP contribution is 2.18. The number of hydrogen-bond acceptors (Lipinski definition) is 4. The number of hydrogen-bond donors (Lipinski definition) is 4. The maximum atomic E-state index is 12.1. The molecule has 1 aromatic carbocycles. The molecular formula is C18H27N5O3. The maximum absolute atomic E-state index is 12.1. The number of rotatable bonds is 9. The molecular weight excluding hydrogens is 334 g/mol. The number of amides is 4. The summed E-state index contributed by atoms with van der Waals surface area (Å²) < 4.78 is 0. The molecule has 0 aromatic heterocycles. The molecule has 4 N–H and O–H groups in total. The van der Waals surface area contributed by atoms with Crippen LogP contribution in [0.2, 0.25) is 0 Å². The van der Waals surface area contributed by atoms with Crippen LogP contribution in [0.15, 0.2) is 24.3 Å². The first kappa shape index (κ1) is 19.7. The number of carbonyl (C=O) groups excluding carboxylic acids is 3. The molecule has 0 atom stereocenters. The Bertz CT molecular complexity index is 643. The lowest BCUT2D eigenvalue weighted by Crippen LogP contribution is -2.42. The second-order valence-corrected chi connectivity index (χ2v) is 6.64. The molecule has 0 radical (unpaired) electrons. The summed E-state index contributed by atoms with van der Waals surface area (Å²) in [5, 5.41) is 10.8. The first-order valence-electron chi connectivity index (χ1n) is 8.77. The molecule has 1 aliphatic rings. The standard InChI is InChI=1S/C18H27N5O3/c1-23(2)9-8-19-17(25)14-5-3-4-13(10-14)11-20-18(26)21-12-16(24)22-15-6-7-15/h3-5,10,15H,6-9,11-12H2,1-2H3,(H,19,25)(H,22,24)(H2,20,21,26). The van der Waals surface area contributed by atoms with E-state index in [9.17, 15) is 14.4 Å². The van der Waals surface area contributed by atoms with Crippen molar-refractivity contribution < 1.29 is 14.4 Å². The van der Waals surface area contributed by atoms with Crippen LogP contribution in [0.1, 0.15) is 28.8 Å². The third-order valence-corrected chi connectivity index (χ3v) is 3.84. The molecule has 26 heavy (non-hydrogen) atoms. The molecule has 1 aromatic rings. The van der Waals surface area contributed by atoms with Crippen molar-refractivity contribution in [3.8, 4) is 0 Å². The van der Waals surface area contributed by atoms with Crippen LogP contribution >= 0.6 is 0 Å². The number of benzene rings is 1. The van der Waals surface area contributed by atoms with Gasteiger partial charge in [0.05, 0.1) is 6.54 Å². The highest BCUT2D eigenvalue weighted by Gasteiger charge is 2.23. The van der Waals surface area contributed by atoms with Gasteiger partial charge in [0.1, 0.15) is 0 Å². The van der Waals surface area contributed by atoms with Crippen LogP contribution in [0, 0.1) is 0 Å². The normalized spacial score (nSPS) is 13.2. The molecule has 0 unspecified atom stereocenters. The molecule has 2 rings (SSSR count). The number of carbonyl (C=O) groups is 3. The van der Waals surface area contributed by atoms with E-state index >= 15 is 0 Å². The smallest absolute Gasteiger partial charge is 0.315 e. The fraction of sp³-hybridized carbons (Fsp3) is 0.500. The Balaban J connectivity index is 1.72. The second kappa shape index (κ2) is 9.76. The van der Waals surface area contributed by atoms with E-state index in [0.29, 0.717) is 12.1 Å². The molecule has 0 heterocycles. The SMILES string of the molecule is CN(C)CCNC(=O)c1cccc(CNC(=O)NCC(=O)NC2CC2)c1. The zero-order chi connectivity index (χ0) is 18.9. The lowest BCUT2D eigenvalue weighted by Gasteiger charge is -2.11. The van der Waals surface area contributed by atoms with Crippen LogP contribution in [0.4, 0.5) is 4.79 Å². The summed E-state index contributed by atoms with van der Waals surface area (Å²) in [6, 6.07) is 6.94. The van der Waals surface area contributed by atoms with E-state index < -0.39 is 6.03 Å². The Morgan fingerprint density at radius 1 is 1.12 bits per heavy atom. The Kier molecular flexibility index (Phi) is 7.40. The first-order valence-corrected chi connectivity index (χ1v) is 8.77. The maximum Gasteiger partial charge on any atom is 0.315 e. The average Bonchev–Trinajstić information content (AvgIpc) is 3.42. The van der Waals surface area contributed by atoms with Gasteiger partial charge in [-0.25, -0.2) is 4.79 Å². The van der Waals surface area contributed by atoms with Gasteiger partial charge in [0, 0.05) is 31.2 Å². The van der Waals surface area contributed by atoms with Gasteiger partial charge in [0.2, 0.25) is 5.91 Å². The van der Waals surface area contributed by atoms with Crippen molar-refractivity contribution in [3.63, 3.8) is 0 Å². The van der Waals surface area contributed by atoms with Crippen LogP contribution in [-0.4, -0.2) is 62.5 Å². The van der Waals surface area contributed by atoms with Crippen LogP contribution in [0.3, 0.4) is 0 Å². The molecule has 8 nitrogen and oxygen atoms in total. The van der Waals surface area contributed by atoms with Gasteiger partial charge in [0.15, 0.2) is 0 Å². The highest BCUT2D eigenvalue weighted by molar-refractivity contribution is 5.94. The van der Waals surface area contributed by atoms with Crippen molar-refractivity contribution in [1.29, 1.82) is 0 Å². The molecule has 0 saturated heterocycles. The lowest BCUT2D eigenvalue weighted by molar-refractivity contribution is -0.120. The number of nitrogens with one attached hydrogen (secondary N) is 4. The minimum atomic E-state index is -0.420. The van der Waals surface area contributed by atoms with E-state index in [2.05, 4.69) is 21.3 Å². The number of likely N-dealkylation sites (N-methyl/N-ethyl adjacent to an activating group) is 1. The molecule has 0 aliphatic heterocycles. The molecule has 1 saturated carbocycles. The minimum absolute atomic E-state index is 0.0450. The van der Waals surface area contributed by atoms with E-state index in [1.165, 1.54) is 0 Å². The van der Waals surface area contributed by atoms with Crippen molar-refractivity contribution in [2.24, 2.45) is 0 Å². The third kappa shape index (κ3) is 7.52. The number of nitrogens with zero attached hydrogens (tertiary/aromatic N) is 1. The van der Waals surface area contributed by atoms with Crippen molar-refractivity contribution >= 4 is 17.8 Å². The molecule has 8 heteroatoms. The molecule has 1 aliphatic carbocycles. The molecule has 1 fully saturated rings.